The molecule has 0 aliphatic carbocycles. The Bertz CT molecular complexity index is 309. The predicted molar refractivity (Wildman–Crippen MR) is 45.1 cm³/mol. The van der Waals surface area contributed by atoms with Crippen LogP contribution in [0.25, 0.3) is 0 Å². The first-order chi connectivity index (χ1) is 4.86. The van der Waals surface area contributed by atoms with Gasteiger partial charge < -0.3 is 0 Å². The monoisotopic (exact) mass is 149 g/mol. The second-order valence-electron chi connectivity index (χ2n) is 1.87. The smallest absolute Gasteiger partial charge is 0.219 e. The van der Waals surface area contributed by atoms with Crippen LogP contribution in [-0.2, 0) is 0 Å². The summed E-state index contributed by atoms with van der Waals surface area (Å²) < 4.78 is 0. The number of aliphatic imine (C=N–C) groups is 3. The summed E-state index contributed by atoms with van der Waals surface area (Å²) in [6.07, 6.45) is 5.13. The molecule has 0 saturated heterocycles. The van der Waals surface area contributed by atoms with Gasteiger partial charge in [-0.2, -0.15) is 0 Å². The summed E-state index contributed by atoms with van der Waals surface area (Å²) >= 11 is 4.76. The van der Waals surface area contributed by atoms with E-state index >= 15 is 0 Å². The van der Waals surface area contributed by atoms with Crippen LogP contribution in [0.15, 0.2) is 27.3 Å². The van der Waals surface area contributed by atoms with Crippen LogP contribution in [0.2, 0.25) is 0 Å². The van der Waals surface area contributed by atoms with Gasteiger partial charge in [-0.3, -0.25) is 4.99 Å². The average molecular weight is 149 g/mol. The van der Waals surface area contributed by atoms with E-state index in [1.165, 1.54) is 0 Å². The van der Waals surface area contributed by atoms with Gasteiger partial charge in [0, 0.05) is 6.20 Å². The zero-order chi connectivity index (χ0) is 6.97. The second kappa shape index (κ2) is 1.91. The van der Waals surface area contributed by atoms with Crippen LogP contribution in [0.5, 0.6) is 0 Å². The lowest BCUT2D eigenvalue weighted by atomic mass is 10.2. The summed E-state index contributed by atoms with van der Waals surface area (Å²) in [6.45, 7) is 0. The molecule has 0 amide bonds. The molecule has 2 aliphatic heterocycles. The first kappa shape index (κ1) is 5.61. The molecule has 0 atom stereocenters. The van der Waals surface area contributed by atoms with Crippen LogP contribution in [0, 0.1) is 0 Å². The highest BCUT2D eigenvalue weighted by molar-refractivity contribution is 7.80. The normalized spacial score (nSPS) is 20.6. The fraction of sp³-hybridized carbons (Fsp3) is 0. The van der Waals surface area contributed by atoms with Gasteiger partial charge >= 0.3 is 0 Å². The number of hydrogen-bond donors (Lipinski definition) is 0. The maximum atomic E-state index is 4.76. The van der Waals surface area contributed by atoms with Gasteiger partial charge in [-0.05, 0) is 18.3 Å². The molecule has 2 rings (SSSR count). The minimum absolute atomic E-state index is 0.375. The molecule has 2 heterocycles. The Balaban J connectivity index is 2.51. The van der Waals surface area contributed by atoms with Gasteiger partial charge in [0.1, 0.15) is 5.71 Å². The van der Waals surface area contributed by atoms with Crippen LogP contribution in [-0.4, -0.2) is 22.8 Å². The molecular formula is C6H3N3S. The number of rotatable bonds is 0. The molecule has 0 radical (unpaired) electrons. The van der Waals surface area contributed by atoms with Crippen molar-refractivity contribution in [2.75, 3.05) is 0 Å². The lowest BCUT2D eigenvalue weighted by Gasteiger charge is -1.99. The Morgan fingerprint density at radius 3 is 3.10 bits per heavy atom. The summed E-state index contributed by atoms with van der Waals surface area (Å²) in [6, 6.07) is 0. The van der Waals surface area contributed by atoms with Crippen LogP contribution in [0.3, 0.4) is 0 Å². The standard InChI is InChI=1S/C6H3N3S/c10-6-8-3-5-4(9-6)1-2-7-5/h1-3H. The van der Waals surface area contributed by atoms with Crippen molar-refractivity contribution in [2.24, 2.45) is 15.0 Å². The van der Waals surface area contributed by atoms with Crippen LogP contribution < -0.4 is 0 Å². The van der Waals surface area contributed by atoms with Crippen LogP contribution in [0.1, 0.15) is 0 Å². The van der Waals surface area contributed by atoms with E-state index in [2.05, 4.69) is 15.0 Å². The van der Waals surface area contributed by atoms with Gasteiger partial charge in [-0.1, -0.05) is 0 Å². The van der Waals surface area contributed by atoms with Gasteiger partial charge in [-0.15, -0.1) is 0 Å². The molecule has 0 aromatic rings. The van der Waals surface area contributed by atoms with E-state index in [1.54, 1.807) is 12.4 Å². The zero-order valence-electron chi connectivity index (χ0n) is 4.98. The largest absolute Gasteiger partial charge is 0.253 e. The van der Waals surface area contributed by atoms with E-state index in [9.17, 15) is 0 Å². The Kier molecular flexibility index (Phi) is 1.07. The topological polar surface area (TPSA) is 37.1 Å². The molecule has 10 heavy (non-hydrogen) atoms. The van der Waals surface area contributed by atoms with Crippen molar-refractivity contribution in [3.8, 4) is 0 Å². The molecule has 0 N–H and O–H groups in total. The number of thiocarbonyl (C=S) groups is 1. The molecule has 0 unspecified atom stereocenters. The Morgan fingerprint density at radius 2 is 2.20 bits per heavy atom. The molecule has 2 aliphatic rings. The maximum Gasteiger partial charge on any atom is 0.219 e. The van der Waals surface area contributed by atoms with Crippen LogP contribution in [0.4, 0.5) is 0 Å². The minimum atomic E-state index is 0.375. The third-order valence-corrected chi connectivity index (χ3v) is 1.42. The van der Waals surface area contributed by atoms with Crippen molar-refractivity contribution in [3.63, 3.8) is 0 Å². The number of allylic oxidation sites excluding steroid dienone is 1. The summed E-state index contributed by atoms with van der Waals surface area (Å²) in [4.78, 5) is 11.8. The van der Waals surface area contributed by atoms with E-state index < -0.39 is 0 Å². The number of fused-ring (bicyclic) bond motifs is 1. The van der Waals surface area contributed by atoms with E-state index in [-0.39, 0.29) is 0 Å². The molecule has 0 aromatic carbocycles. The lowest BCUT2D eigenvalue weighted by molar-refractivity contribution is 1.60. The van der Waals surface area contributed by atoms with Gasteiger partial charge in [0.15, 0.2) is 0 Å². The Labute approximate surface area is 62.9 Å². The highest BCUT2D eigenvalue weighted by atomic mass is 32.1. The van der Waals surface area contributed by atoms with Gasteiger partial charge in [0.05, 0.1) is 11.9 Å². The first-order valence-corrected chi connectivity index (χ1v) is 3.18. The minimum Gasteiger partial charge on any atom is -0.253 e. The number of nitrogens with zero attached hydrogens (tertiary/aromatic N) is 3. The highest BCUT2D eigenvalue weighted by Crippen LogP contribution is 2.02. The van der Waals surface area contributed by atoms with E-state index in [0.717, 1.165) is 11.4 Å². The van der Waals surface area contributed by atoms with Crippen molar-refractivity contribution < 1.29 is 0 Å². The summed E-state index contributed by atoms with van der Waals surface area (Å²) in [7, 11) is 0. The third-order valence-electron chi connectivity index (χ3n) is 1.22. The fourth-order valence-corrected chi connectivity index (χ4v) is 0.933. The van der Waals surface area contributed by atoms with E-state index in [0.29, 0.717) is 5.11 Å². The summed E-state index contributed by atoms with van der Waals surface area (Å²) in [5, 5.41) is 0.375. The van der Waals surface area contributed by atoms with Crippen molar-refractivity contribution in [1.29, 1.82) is 0 Å². The average Bonchev–Trinajstić information content (AvgIpc) is 2.33. The molecule has 0 fully saturated rings. The van der Waals surface area contributed by atoms with E-state index in [1.807, 2.05) is 6.08 Å². The first-order valence-electron chi connectivity index (χ1n) is 2.78. The highest BCUT2D eigenvalue weighted by Gasteiger charge is 2.11. The lowest BCUT2D eigenvalue weighted by Crippen LogP contribution is -2.16. The second-order valence-corrected chi connectivity index (χ2v) is 2.23. The van der Waals surface area contributed by atoms with Crippen molar-refractivity contribution in [1.82, 2.24) is 0 Å². The van der Waals surface area contributed by atoms with Gasteiger partial charge in [0.2, 0.25) is 5.11 Å². The molecule has 3 nitrogen and oxygen atoms in total. The van der Waals surface area contributed by atoms with Crippen molar-refractivity contribution >= 4 is 35.0 Å². The third kappa shape index (κ3) is 0.733. The maximum absolute atomic E-state index is 4.76. The van der Waals surface area contributed by atoms with E-state index in [4.69, 9.17) is 12.2 Å². The molecule has 4 heteroatoms. The van der Waals surface area contributed by atoms with Crippen molar-refractivity contribution in [2.45, 2.75) is 0 Å². The Morgan fingerprint density at radius 1 is 1.30 bits per heavy atom. The Hall–Kier alpha value is -1.16. The molecule has 0 aromatic heterocycles. The molecule has 0 saturated carbocycles. The van der Waals surface area contributed by atoms with Crippen molar-refractivity contribution in [3.05, 3.63) is 12.3 Å². The predicted octanol–water partition coefficient (Wildman–Crippen LogP) is 0.765. The fourth-order valence-electron chi connectivity index (χ4n) is 0.782. The van der Waals surface area contributed by atoms with Crippen LogP contribution >= 0.6 is 12.2 Å². The van der Waals surface area contributed by atoms with Gasteiger partial charge in [-0.25, -0.2) is 9.98 Å². The summed E-state index contributed by atoms with van der Waals surface area (Å²) in [5.74, 6) is 0. The quantitative estimate of drug-likeness (QED) is 0.468. The molecule has 0 spiro atoms. The number of hydrogen-bond acceptors (Lipinski definition) is 2. The SMILES string of the molecule is S=C1N=CC2=NC=CC2=N1. The molecule has 48 valence electrons. The molecular weight excluding hydrogens is 146 g/mol. The zero-order valence-corrected chi connectivity index (χ0v) is 5.80. The summed E-state index contributed by atoms with van der Waals surface area (Å²) in [5.41, 5.74) is 1.62. The molecule has 0 bridgehead atoms. The van der Waals surface area contributed by atoms with Gasteiger partial charge in [0.25, 0.3) is 0 Å².